The molecule has 0 atom stereocenters. The molecule has 246 valence electrons. The zero-order chi connectivity index (χ0) is 34.9. The quantitative estimate of drug-likeness (QED) is 0.138. The van der Waals surface area contributed by atoms with Crippen LogP contribution in [0.25, 0.3) is 110 Å². The first kappa shape index (κ1) is 29.6. The fraction of sp³-hybridized carbons (Fsp3) is 0. The topological polar surface area (TPSA) is 38.9 Å². The maximum atomic E-state index is 6.30. The average Bonchev–Trinajstić information content (AvgIpc) is 3.61. The Morgan fingerprint density at radius 2 is 0.943 bits per heavy atom. The fourth-order valence-corrected chi connectivity index (χ4v) is 8.19. The van der Waals surface area contributed by atoms with Crippen LogP contribution in [0.3, 0.4) is 0 Å². The summed E-state index contributed by atoms with van der Waals surface area (Å²) in [5, 5.41) is 12.0. The Morgan fingerprint density at radius 1 is 0.321 bits per heavy atom. The van der Waals surface area contributed by atoms with Gasteiger partial charge in [-0.1, -0.05) is 152 Å². The van der Waals surface area contributed by atoms with E-state index < -0.39 is 0 Å². The summed E-state index contributed by atoms with van der Waals surface area (Å²) >= 11 is 0. The molecule has 0 N–H and O–H groups in total. The number of rotatable bonds is 4. The van der Waals surface area contributed by atoms with E-state index >= 15 is 0 Å². The normalized spacial score (nSPS) is 11.8. The van der Waals surface area contributed by atoms with Crippen molar-refractivity contribution in [1.29, 1.82) is 0 Å². The maximum absolute atomic E-state index is 6.30. The summed E-state index contributed by atoms with van der Waals surface area (Å²) in [5.41, 5.74) is 8.90. The second-order valence-electron chi connectivity index (χ2n) is 13.7. The van der Waals surface area contributed by atoms with Gasteiger partial charge in [0.2, 0.25) is 0 Å². The van der Waals surface area contributed by atoms with E-state index in [4.69, 9.17) is 14.4 Å². The molecular weight excluding hydrogens is 645 g/mol. The van der Waals surface area contributed by atoms with E-state index in [-0.39, 0.29) is 0 Å². The number of para-hydroxylation sites is 1. The van der Waals surface area contributed by atoms with Gasteiger partial charge >= 0.3 is 0 Å². The van der Waals surface area contributed by atoms with Crippen molar-refractivity contribution in [2.75, 3.05) is 0 Å². The van der Waals surface area contributed by atoms with Crippen molar-refractivity contribution in [2.45, 2.75) is 0 Å². The lowest BCUT2D eigenvalue weighted by Crippen LogP contribution is -1.97. The van der Waals surface area contributed by atoms with Crippen LogP contribution < -0.4 is 0 Å². The molecule has 0 aliphatic carbocycles. The minimum absolute atomic E-state index is 0.683. The van der Waals surface area contributed by atoms with Crippen LogP contribution in [0.5, 0.6) is 0 Å². The Morgan fingerprint density at radius 3 is 1.79 bits per heavy atom. The molecule has 11 rings (SSSR count). The number of nitrogens with zero attached hydrogens (tertiary/aromatic N) is 2. The molecule has 11 aromatic rings. The van der Waals surface area contributed by atoms with Crippen molar-refractivity contribution in [3.05, 3.63) is 182 Å². The van der Waals surface area contributed by atoms with Gasteiger partial charge < -0.3 is 4.42 Å². The molecule has 2 aromatic heterocycles. The molecule has 0 spiro atoms. The van der Waals surface area contributed by atoms with Crippen molar-refractivity contribution in [2.24, 2.45) is 0 Å². The molecule has 53 heavy (non-hydrogen) atoms. The van der Waals surface area contributed by atoms with Gasteiger partial charge in [-0.3, -0.25) is 0 Å². The first-order valence-corrected chi connectivity index (χ1v) is 18.0. The number of hydrogen-bond acceptors (Lipinski definition) is 3. The Kier molecular flexibility index (Phi) is 6.55. The van der Waals surface area contributed by atoms with E-state index in [2.05, 4.69) is 146 Å². The molecule has 0 radical (unpaired) electrons. The molecule has 0 saturated carbocycles. The molecule has 0 saturated heterocycles. The van der Waals surface area contributed by atoms with Crippen LogP contribution in [-0.2, 0) is 0 Å². The molecule has 9 aromatic carbocycles. The highest BCUT2D eigenvalue weighted by atomic mass is 16.3. The summed E-state index contributed by atoms with van der Waals surface area (Å²) in [6.45, 7) is 0. The first-order chi connectivity index (χ1) is 26.3. The van der Waals surface area contributed by atoms with E-state index in [1.165, 1.54) is 48.8 Å². The van der Waals surface area contributed by atoms with E-state index in [9.17, 15) is 0 Å². The van der Waals surface area contributed by atoms with E-state index in [0.29, 0.717) is 5.82 Å². The van der Waals surface area contributed by atoms with Crippen LogP contribution in [0, 0.1) is 0 Å². The van der Waals surface area contributed by atoms with Gasteiger partial charge in [0.25, 0.3) is 0 Å². The third-order valence-corrected chi connectivity index (χ3v) is 10.7. The molecular formula is C50H30N2O. The number of furan rings is 1. The predicted molar refractivity (Wildman–Crippen MR) is 221 cm³/mol. The minimum Gasteiger partial charge on any atom is -0.456 e. The van der Waals surface area contributed by atoms with Crippen molar-refractivity contribution >= 4 is 65.0 Å². The van der Waals surface area contributed by atoms with Gasteiger partial charge in [0.15, 0.2) is 5.82 Å². The summed E-state index contributed by atoms with van der Waals surface area (Å²) in [6.07, 6.45) is 0. The molecule has 0 unspecified atom stereocenters. The summed E-state index contributed by atoms with van der Waals surface area (Å²) in [5.74, 6) is 0.683. The van der Waals surface area contributed by atoms with Gasteiger partial charge in [0.05, 0.1) is 11.4 Å². The molecule has 3 nitrogen and oxygen atoms in total. The molecule has 3 heteroatoms. The van der Waals surface area contributed by atoms with E-state index in [0.717, 1.165) is 55.4 Å². The second-order valence-corrected chi connectivity index (χ2v) is 13.7. The smallest absolute Gasteiger partial charge is 0.160 e. The predicted octanol–water partition coefficient (Wildman–Crippen LogP) is 13.7. The van der Waals surface area contributed by atoms with Crippen LogP contribution >= 0.6 is 0 Å². The highest BCUT2D eigenvalue weighted by Crippen LogP contribution is 2.44. The highest BCUT2D eigenvalue weighted by molar-refractivity contribution is 6.23. The molecule has 0 bridgehead atoms. The lowest BCUT2D eigenvalue weighted by Gasteiger charge is -2.17. The number of hydrogen-bond donors (Lipinski definition) is 0. The van der Waals surface area contributed by atoms with Gasteiger partial charge in [-0.05, 0) is 84.5 Å². The lowest BCUT2D eigenvalue weighted by atomic mass is 9.86. The zero-order valence-corrected chi connectivity index (χ0v) is 28.6. The molecule has 0 aliphatic heterocycles. The summed E-state index contributed by atoms with van der Waals surface area (Å²) < 4.78 is 6.30. The molecule has 0 fully saturated rings. The van der Waals surface area contributed by atoms with Crippen molar-refractivity contribution in [3.8, 4) is 45.0 Å². The minimum atomic E-state index is 0.683. The molecule has 0 aliphatic rings. The highest BCUT2D eigenvalue weighted by Gasteiger charge is 2.19. The van der Waals surface area contributed by atoms with Gasteiger partial charge in [0, 0.05) is 27.5 Å². The fourth-order valence-electron chi connectivity index (χ4n) is 8.19. The van der Waals surface area contributed by atoms with Crippen LogP contribution in [0.2, 0.25) is 0 Å². The van der Waals surface area contributed by atoms with Gasteiger partial charge in [-0.15, -0.1) is 0 Å². The van der Waals surface area contributed by atoms with Gasteiger partial charge in [-0.25, -0.2) is 9.97 Å². The van der Waals surface area contributed by atoms with Crippen molar-refractivity contribution in [3.63, 3.8) is 0 Å². The van der Waals surface area contributed by atoms with Crippen molar-refractivity contribution < 1.29 is 4.42 Å². The third kappa shape index (κ3) is 4.75. The van der Waals surface area contributed by atoms with Crippen LogP contribution in [0.1, 0.15) is 0 Å². The zero-order valence-electron chi connectivity index (χ0n) is 28.6. The Hall–Kier alpha value is -7.10. The molecule has 0 amide bonds. The van der Waals surface area contributed by atoms with Crippen LogP contribution in [0.4, 0.5) is 0 Å². The monoisotopic (exact) mass is 674 g/mol. The summed E-state index contributed by atoms with van der Waals surface area (Å²) in [4.78, 5) is 10.4. The number of fused-ring (bicyclic) bond motifs is 8. The largest absolute Gasteiger partial charge is 0.456 e. The molecule has 2 heterocycles. The SMILES string of the molecule is c1ccc(-c2nc(-c3ccc4c(c3)oc3ccccc34)cc(-c3ccc(-c4c5ccccc5cc5c4ccc4ccccc45)c4ccccc34)n2)cc1. The summed E-state index contributed by atoms with van der Waals surface area (Å²) in [7, 11) is 0. The van der Waals surface area contributed by atoms with Crippen LogP contribution in [-0.4, -0.2) is 9.97 Å². The average molecular weight is 675 g/mol. The van der Waals surface area contributed by atoms with E-state index in [1.807, 2.05) is 36.4 Å². The number of benzene rings is 9. The second kappa shape index (κ2) is 11.7. The van der Waals surface area contributed by atoms with Gasteiger partial charge in [-0.2, -0.15) is 0 Å². The maximum Gasteiger partial charge on any atom is 0.160 e. The number of aromatic nitrogens is 2. The Bertz CT molecular complexity index is 3230. The summed E-state index contributed by atoms with van der Waals surface area (Å²) in [6, 6.07) is 64.5. The van der Waals surface area contributed by atoms with Crippen LogP contribution in [0.15, 0.2) is 186 Å². The Labute approximate surface area is 305 Å². The van der Waals surface area contributed by atoms with E-state index in [1.54, 1.807) is 0 Å². The van der Waals surface area contributed by atoms with Gasteiger partial charge in [0.1, 0.15) is 11.2 Å². The lowest BCUT2D eigenvalue weighted by molar-refractivity contribution is 0.669. The first-order valence-electron chi connectivity index (χ1n) is 18.0. The Balaban J connectivity index is 1.15. The van der Waals surface area contributed by atoms with Crippen molar-refractivity contribution in [1.82, 2.24) is 9.97 Å². The standard InChI is InChI=1S/C50H30N2O/c1-2-13-32(14-3-1)50-51-45(34-23-24-41-40-20-10-11-21-47(40)53-48(41)29-34)30-46(52-50)39-26-27-42(38-19-9-8-18-37(38)39)49-36-17-7-5-15-33(36)28-44-35-16-6-4-12-31(35)22-25-43(44)49/h1-30H. The third-order valence-electron chi connectivity index (χ3n) is 10.7.